The number of rotatable bonds is 3. The first kappa shape index (κ1) is 6.85. The van der Waals surface area contributed by atoms with E-state index in [1.54, 1.807) is 0 Å². The summed E-state index contributed by atoms with van der Waals surface area (Å²) in [7, 11) is 0. The predicted octanol–water partition coefficient (Wildman–Crippen LogP) is 2.85. The van der Waals surface area contributed by atoms with Crippen molar-refractivity contribution in [1.82, 2.24) is 0 Å². The molecule has 0 amide bonds. The molecule has 52 valence electrons. The SMILES string of the molecule is C=CC(C)CC1CC1C. The standard InChI is InChI=1S/C9H16/c1-4-7(2)5-9-6-8(9)3/h4,7-9H,1,5-6H2,2-3H3. The van der Waals surface area contributed by atoms with Gasteiger partial charge in [-0.25, -0.2) is 0 Å². The van der Waals surface area contributed by atoms with Gasteiger partial charge in [-0.05, 0) is 30.6 Å². The number of hydrogen-bond donors (Lipinski definition) is 0. The zero-order valence-corrected chi connectivity index (χ0v) is 6.43. The van der Waals surface area contributed by atoms with Crippen LogP contribution in [0.1, 0.15) is 26.7 Å². The van der Waals surface area contributed by atoms with Gasteiger partial charge in [0.05, 0.1) is 0 Å². The largest absolute Gasteiger partial charge is 0.103 e. The Kier molecular flexibility index (Phi) is 1.94. The van der Waals surface area contributed by atoms with E-state index in [9.17, 15) is 0 Å². The summed E-state index contributed by atoms with van der Waals surface area (Å²) in [6, 6.07) is 0. The minimum absolute atomic E-state index is 0.736. The molecule has 0 bridgehead atoms. The van der Waals surface area contributed by atoms with Gasteiger partial charge in [0.15, 0.2) is 0 Å². The second-order valence-corrected chi connectivity index (χ2v) is 3.42. The molecule has 0 aromatic heterocycles. The van der Waals surface area contributed by atoms with Crippen LogP contribution >= 0.6 is 0 Å². The lowest BCUT2D eigenvalue weighted by Gasteiger charge is -2.01. The van der Waals surface area contributed by atoms with Gasteiger partial charge in [0.1, 0.15) is 0 Å². The van der Waals surface area contributed by atoms with E-state index in [-0.39, 0.29) is 0 Å². The molecule has 0 radical (unpaired) electrons. The molecule has 0 aliphatic heterocycles. The Balaban J connectivity index is 2.11. The van der Waals surface area contributed by atoms with Crippen molar-refractivity contribution in [1.29, 1.82) is 0 Å². The maximum absolute atomic E-state index is 3.77. The van der Waals surface area contributed by atoms with Crippen molar-refractivity contribution >= 4 is 0 Å². The fourth-order valence-electron chi connectivity index (χ4n) is 1.30. The van der Waals surface area contributed by atoms with E-state index in [2.05, 4.69) is 26.5 Å². The summed E-state index contributed by atoms with van der Waals surface area (Å²) in [5.74, 6) is 2.77. The van der Waals surface area contributed by atoms with Crippen molar-refractivity contribution in [3.63, 3.8) is 0 Å². The Bertz CT molecular complexity index is 105. The summed E-state index contributed by atoms with van der Waals surface area (Å²) < 4.78 is 0. The predicted molar refractivity (Wildman–Crippen MR) is 41.2 cm³/mol. The topological polar surface area (TPSA) is 0 Å². The minimum Gasteiger partial charge on any atom is -0.103 e. The highest BCUT2D eigenvalue weighted by Crippen LogP contribution is 2.42. The molecule has 2 unspecified atom stereocenters. The van der Waals surface area contributed by atoms with Crippen LogP contribution in [-0.2, 0) is 0 Å². The van der Waals surface area contributed by atoms with Gasteiger partial charge in [-0.3, -0.25) is 0 Å². The summed E-state index contributed by atoms with van der Waals surface area (Å²) in [6.45, 7) is 8.35. The van der Waals surface area contributed by atoms with E-state index in [1.165, 1.54) is 12.8 Å². The first-order valence-electron chi connectivity index (χ1n) is 3.86. The average molecular weight is 124 g/mol. The lowest BCUT2D eigenvalue weighted by molar-refractivity contribution is 0.565. The van der Waals surface area contributed by atoms with E-state index in [0.29, 0.717) is 0 Å². The zero-order chi connectivity index (χ0) is 6.85. The normalized spacial score (nSPS) is 35.8. The van der Waals surface area contributed by atoms with Crippen molar-refractivity contribution in [2.75, 3.05) is 0 Å². The smallest absolute Gasteiger partial charge is 0.0262 e. The Morgan fingerprint density at radius 3 is 2.67 bits per heavy atom. The van der Waals surface area contributed by atoms with Crippen LogP contribution in [-0.4, -0.2) is 0 Å². The highest BCUT2D eigenvalue weighted by atomic mass is 14.4. The number of hydrogen-bond acceptors (Lipinski definition) is 0. The lowest BCUT2D eigenvalue weighted by atomic mass is 10.0. The van der Waals surface area contributed by atoms with Gasteiger partial charge in [-0.1, -0.05) is 19.9 Å². The Labute approximate surface area is 58.0 Å². The van der Waals surface area contributed by atoms with Crippen molar-refractivity contribution < 1.29 is 0 Å². The van der Waals surface area contributed by atoms with Crippen LogP contribution in [0.3, 0.4) is 0 Å². The molecule has 1 saturated carbocycles. The second-order valence-electron chi connectivity index (χ2n) is 3.42. The van der Waals surface area contributed by atoms with E-state index in [0.717, 1.165) is 17.8 Å². The Morgan fingerprint density at radius 2 is 2.33 bits per heavy atom. The molecule has 2 atom stereocenters. The fourth-order valence-corrected chi connectivity index (χ4v) is 1.30. The summed E-state index contributed by atoms with van der Waals surface area (Å²) >= 11 is 0. The molecule has 0 spiro atoms. The first-order valence-corrected chi connectivity index (χ1v) is 3.86. The highest BCUT2D eigenvalue weighted by Gasteiger charge is 2.32. The second kappa shape index (κ2) is 2.55. The molecule has 1 aliphatic carbocycles. The molecule has 9 heavy (non-hydrogen) atoms. The highest BCUT2D eigenvalue weighted by molar-refractivity contribution is 4.87. The monoisotopic (exact) mass is 124 g/mol. The molecule has 0 saturated heterocycles. The summed E-state index contributed by atoms with van der Waals surface area (Å²) in [6.07, 6.45) is 4.88. The van der Waals surface area contributed by atoms with Crippen molar-refractivity contribution in [3.8, 4) is 0 Å². The molecule has 1 fully saturated rings. The molecule has 0 nitrogen and oxygen atoms in total. The molecule has 0 heteroatoms. The van der Waals surface area contributed by atoms with Crippen LogP contribution in [0.15, 0.2) is 12.7 Å². The van der Waals surface area contributed by atoms with Gasteiger partial charge >= 0.3 is 0 Å². The van der Waals surface area contributed by atoms with Crippen LogP contribution < -0.4 is 0 Å². The van der Waals surface area contributed by atoms with Crippen molar-refractivity contribution in [2.24, 2.45) is 17.8 Å². The van der Waals surface area contributed by atoms with Gasteiger partial charge in [-0.15, -0.1) is 6.58 Å². The number of allylic oxidation sites excluding steroid dienone is 1. The van der Waals surface area contributed by atoms with Gasteiger partial charge < -0.3 is 0 Å². The fraction of sp³-hybridized carbons (Fsp3) is 0.778. The summed E-state index contributed by atoms with van der Waals surface area (Å²) in [5, 5.41) is 0. The van der Waals surface area contributed by atoms with E-state index < -0.39 is 0 Å². The quantitative estimate of drug-likeness (QED) is 0.507. The van der Waals surface area contributed by atoms with E-state index in [1.807, 2.05) is 0 Å². The Hall–Kier alpha value is -0.260. The van der Waals surface area contributed by atoms with Crippen molar-refractivity contribution in [2.45, 2.75) is 26.7 Å². The molecule has 0 heterocycles. The zero-order valence-electron chi connectivity index (χ0n) is 6.43. The third-order valence-corrected chi connectivity index (χ3v) is 2.35. The molecule has 0 N–H and O–H groups in total. The van der Waals surface area contributed by atoms with Gasteiger partial charge in [0.2, 0.25) is 0 Å². The van der Waals surface area contributed by atoms with Crippen molar-refractivity contribution in [3.05, 3.63) is 12.7 Å². The maximum Gasteiger partial charge on any atom is -0.0262 e. The van der Waals surface area contributed by atoms with Gasteiger partial charge in [0, 0.05) is 0 Å². The third-order valence-electron chi connectivity index (χ3n) is 2.35. The van der Waals surface area contributed by atoms with Gasteiger partial charge in [0.25, 0.3) is 0 Å². The maximum atomic E-state index is 3.77. The third kappa shape index (κ3) is 1.85. The van der Waals surface area contributed by atoms with Crippen LogP contribution in [0.5, 0.6) is 0 Å². The van der Waals surface area contributed by atoms with Crippen LogP contribution in [0, 0.1) is 17.8 Å². The average Bonchev–Trinajstić information content (AvgIpc) is 2.47. The molecule has 0 aromatic rings. The van der Waals surface area contributed by atoms with Crippen LogP contribution in [0.2, 0.25) is 0 Å². The van der Waals surface area contributed by atoms with E-state index >= 15 is 0 Å². The lowest BCUT2D eigenvalue weighted by Crippen LogP contribution is -1.90. The summed E-state index contributed by atoms with van der Waals surface area (Å²) in [5.41, 5.74) is 0. The minimum atomic E-state index is 0.736. The van der Waals surface area contributed by atoms with Crippen LogP contribution in [0.25, 0.3) is 0 Å². The molecular formula is C9H16. The Morgan fingerprint density at radius 1 is 1.78 bits per heavy atom. The van der Waals surface area contributed by atoms with Gasteiger partial charge in [-0.2, -0.15) is 0 Å². The molecule has 0 aromatic carbocycles. The van der Waals surface area contributed by atoms with Crippen LogP contribution in [0.4, 0.5) is 0 Å². The first-order chi connectivity index (χ1) is 4.24. The molecule has 1 aliphatic rings. The van der Waals surface area contributed by atoms with E-state index in [4.69, 9.17) is 0 Å². The summed E-state index contributed by atoms with van der Waals surface area (Å²) in [4.78, 5) is 0. The molecular weight excluding hydrogens is 108 g/mol. The molecule has 1 rings (SSSR count).